The zero-order valence-corrected chi connectivity index (χ0v) is 7.76. The molecule has 0 atom stereocenters. The van der Waals surface area contributed by atoms with Gasteiger partial charge in [-0.25, -0.2) is 4.98 Å². The van der Waals surface area contributed by atoms with Crippen LogP contribution in [-0.2, 0) is 5.54 Å². The smallest absolute Gasteiger partial charge is 0.298 e. The zero-order chi connectivity index (χ0) is 9.35. The molecule has 0 aliphatic heterocycles. The summed E-state index contributed by atoms with van der Waals surface area (Å²) in [6.45, 7) is 5.67. The van der Waals surface area contributed by atoms with E-state index in [1.807, 2.05) is 20.8 Å². The summed E-state index contributed by atoms with van der Waals surface area (Å²) < 4.78 is 19.4. The summed E-state index contributed by atoms with van der Waals surface area (Å²) in [4.78, 5) is 3.77. The fourth-order valence-electron chi connectivity index (χ4n) is 1.07. The van der Waals surface area contributed by atoms with Crippen LogP contribution in [0.3, 0.4) is 0 Å². The molecule has 0 aromatic carbocycles. The second kappa shape index (κ2) is 2.77. The van der Waals surface area contributed by atoms with Crippen LogP contribution in [0.2, 0.25) is 0 Å². The van der Waals surface area contributed by atoms with Gasteiger partial charge in [-0.1, -0.05) is 0 Å². The lowest BCUT2D eigenvalue weighted by Crippen LogP contribution is -2.24. The summed E-state index contributed by atoms with van der Waals surface area (Å²) in [5.41, 5.74) is -0.341. The number of hydrogen-bond donors (Lipinski definition) is 0. The van der Waals surface area contributed by atoms with E-state index in [1.54, 1.807) is 0 Å². The van der Waals surface area contributed by atoms with Crippen molar-refractivity contribution >= 4 is 0 Å². The minimum absolute atomic E-state index is 0.306. The van der Waals surface area contributed by atoms with Gasteiger partial charge in [-0.3, -0.25) is 4.57 Å². The second-order valence-electron chi connectivity index (χ2n) is 3.57. The van der Waals surface area contributed by atoms with Gasteiger partial charge in [0.15, 0.2) is 0 Å². The third-order valence-corrected chi connectivity index (χ3v) is 1.54. The van der Waals surface area contributed by atoms with Crippen LogP contribution in [0.15, 0.2) is 6.20 Å². The highest BCUT2D eigenvalue weighted by molar-refractivity contribution is 5.04. The molecule has 1 rings (SSSR count). The van der Waals surface area contributed by atoms with Crippen molar-refractivity contribution in [1.29, 1.82) is 0 Å². The van der Waals surface area contributed by atoms with E-state index >= 15 is 0 Å². The van der Waals surface area contributed by atoms with Gasteiger partial charge in [0.05, 0.1) is 13.3 Å². The molecule has 0 amide bonds. The molecule has 4 heteroatoms. The van der Waals surface area contributed by atoms with Crippen molar-refractivity contribution in [3.05, 3.63) is 12.1 Å². The Labute approximate surface area is 71.2 Å². The van der Waals surface area contributed by atoms with Gasteiger partial charge in [-0.15, -0.1) is 0 Å². The minimum atomic E-state index is -0.376. The summed E-state index contributed by atoms with van der Waals surface area (Å²) in [6.07, 6.45) is 1.16. The molecule has 0 saturated carbocycles. The van der Waals surface area contributed by atoms with E-state index in [0.29, 0.717) is 6.01 Å². The number of methoxy groups -OCH3 is 1. The van der Waals surface area contributed by atoms with Crippen molar-refractivity contribution in [2.24, 2.45) is 0 Å². The lowest BCUT2D eigenvalue weighted by atomic mass is 10.1. The molecule has 3 nitrogen and oxygen atoms in total. The topological polar surface area (TPSA) is 27.1 Å². The van der Waals surface area contributed by atoms with Crippen LogP contribution < -0.4 is 4.74 Å². The maximum atomic E-state index is 13.1. The number of ether oxygens (including phenoxy) is 1. The highest BCUT2D eigenvalue weighted by Crippen LogP contribution is 2.22. The monoisotopic (exact) mass is 172 g/mol. The maximum Gasteiger partial charge on any atom is 0.298 e. The first-order chi connectivity index (χ1) is 5.46. The SMILES string of the molecule is COc1ncc(F)n1C(C)(C)C. The quantitative estimate of drug-likeness (QED) is 0.645. The molecule has 0 aliphatic rings. The average molecular weight is 172 g/mol. The Hall–Kier alpha value is -1.06. The summed E-state index contributed by atoms with van der Waals surface area (Å²) in [5.74, 6) is -0.376. The summed E-state index contributed by atoms with van der Waals surface area (Å²) in [5, 5.41) is 0. The largest absolute Gasteiger partial charge is 0.468 e. The highest BCUT2D eigenvalue weighted by atomic mass is 19.1. The molecule has 12 heavy (non-hydrogen) atoms. The lowest BCUT2D eigenvalue weighted by Gasteiger charge is -2.22. The van der Waals surface area contributed by atoms with Crippen molar-refractivity contribution in [2.75, 3.05) is 7.11 Å². The van der Waals surface area contributed by atoms with E-state index in [4.69, 9.17) is 4.74 Å². The molecule has 68 valence electrons. The van der Waals surface area contributed by atoms with Crippen LogP contribution in [0.4, 0.5) is 4.39 Å². The van der Waals surface area contributed by atoms with Gasteiger partial charge in [0.1, 0.15) is 0 Å². The third kappa shape index (κ3) is 1.42. The maximum absolute atomic E-state index is 13.1. The van der Waals surface area contributed by atoms with Crippen LogP contribution in [0.25, 0.3) is 0 Å². The molecule has 0 spiro atoms. The molecule has 0 bridgehead atoms. The third-order valence-electron chi connectivity index (χ3n) is 1.54. The molecular formula is C8H13FN2O. The van der Waals surface area contributed by atoms with Gasteiger partial charge in [0.25, 0.3) is 6.01 Å². The Kier molecular flexibility index (Phi) is 2.08. The van der Waals surface area contributed by atoms with Gasteiger partial charge in [0, 0.05) is 5.54 Å². The Balaban J connectivity index is 3.19. The van der Waals surface area contributed by atoms with Gasteiger partial charge in [-0.05, 0) is 20.8 Å². The van der Waals surface area contributed by atoms with Crippen molar-refractivity contribution in [3.63, 3.8) is 0 Å². The fourth-order valence-corrected chi connectivity index (χ4v) is 1.07. The van der Waals surface area contributed by atoms with Crippen LogP contribution in [0.1, 0.15) is 20.8 Å². The number of imidazole rings is 1. The number of nitrogens with zero attached hydrogens (tertiary/aromatic N) is 2. The van der Waals surface area contributed by atoms with Gasteiger partial charge in [0.2, 0.25) is 5.95 Å². The Morgan fingerprint density at radius 2 is 2.08 bits per heavy atom. The molecule has 0 N–H and O–H groups in total. The number of rotatable bonds is 1. The first kappa shape index (κ1) is 9.03. The van der Waals surface area contributed by atoms with Crippen molar-refractivity contribution in [2.45, 2.75) is 26.3 Å². The summed E-state index contributed by atoms with van der Waals surface area (Å²) in [6, 6.07) is 0.306. The van der Waals surface area contributed by atoms with Crippen LogP contribution >= 0.6 is 0 Å². The molecule has 0 saturated heterocycles. The molecule has 1 aromatic rings. The highest BCUT2D eigenvalue weighted by Gasteiger charge is 2.21. The Bertz CT molecular complexity index is 275. The molecule has 1 heterocycles. The van der Waals surface area contributed by atoms with Crippen molar-refractivity contribution in [3.8, 4) is 6.01 Å². The average Bonchev–Trinajstić information content (AvgIpc) is 2.29. The van der Waals surface area contributed by atoms with Crippen LogP contribution in [0.5, 0.6) is 6.01 Å². The molecule has 0 aliphatic carbocycles. The fraction of sp³-hybridized carbons (Fsp3) is 0.625. The standard InChI is InChI=1S/C8H13FN2O/c1-8(2,3)11-6(9)5-10-7(11)12-4/h5H,1-4H3. The van der Waals surface area contributed by atoms with Crippen LogP contribution in [0, 0.1) is 5.95 Å². The van der Waals surface area contributed by atoms with E-state index < -0.39 is 0 Å². The summed E-state index contributed by atoms with van der Waals surface area (Å²) in [7, 11) is 1.48. The number of halogens is 1. The predicted octanol–water partition coefficient (Wildman–Crippen LogP) is 1.79. The Morgan fingerprint density at radius 3 is 2.42 bits per heavy atom. The zero-order valence-electron chi connectivity index (χ0n) is 7.76. The second-order valence-corrected chi connectivity index (χ2v) is 3.57. The molecule has 1 aromatic heterocycles. The molecular weight excluding hydrogens is 159 g/mol. The van der Waals surface area contributed by atoms with Gasteiger partial charge >= 0.3 is 0 Å². The lowest BCUT2D eigenvalue weighted by molar-refractivity contribution is 0.269. The predicted molar refractivity (Wildman–Crippen MR) is 43.7 cm³/mol. The summed E-state index contributed by atoms with van der Waals surface area (Å²) >= 11 is 0. The molecule has 0 fully saturated rings. The first-order valence-corrected chi connectivity index (χ1v) is 3.74. The van der Waals surface area contributed by atoms with Crippen molar-refractivity contribution in [1.82, 2.24) is 9.55 Å². The van der Waals surface area contributed by atoms with Crippen molar-refractivity contribution < 1.29 is 9.13 Å². The van der Waals surface area contributed by atoms with E-state index in [0.717, 1.165) is 6.20 Å². The van der Waals surface area contributed by atoms with Gasteiger partial charge in [-0.2, -0.15) is 4.39 Å². The molecule has 0 radical (unpaired) electrons. The van der Waals surface area contributed by atoms with Crippen LogP contribution in [-0.4, -0.2) is 16.7 Å². The van der Waals surface area contributed by atoms with E-state index in [2.05, 4.69) is 4.98 Å². The normalized spacial score (nSPS) is 11.8. The minimum Gasteiger partial charge on any atom is -0.468 e. The van der Waals surface area contributed by atoms with E-state index in [-0.39, 0.29) is 11.5 Å². The van der Waals surface area contributed by atoms with Gasteiger partial charge < -0.3 is 4.74 Å². The first-order valence-electron chi connectivity index (χ1n) is 3.74. The van der Waals surface area contributed by atoms with E-state index in [9.17, 15) is 4.39 Å². The number of hydrogen-bond acceptors (Lipinski definition) is 2. The molecule has 0 unspecified atom stereocenters. The number of aromatic nitrogens is 2. The van der Waals surface area contributed by atoms with E-state index in [1.165, 1.54) is 11.7 Å². The Morgan fingerprint density at radius 1 is 1.50 bits per heavy atom.